The summed E-state index contributed by atoms with van der Waals surface area (Å²) in [6, 6.07) is 28.4. The number of hydrogen-bond acceptors (Lipinski definition) is 3. The van der Waals surface area contributed by atoms with Gasteiger partial charge in [-0.15, -0.1) is 0 Å². The molecular weight excluding hydrogens is 1240 g/mol. The van der Waals surface area contributed by atoms with E-state index in [1.54, 1.807) is 60.7 Å². The van der Waals surface area contributed by atoms with Crippen molar-refractivity contribution in [1.82, 2.24) is 0 Å². The summed E-state index contributed by atoms with van der Waals surface area (Å²) in [6.45, 7) is 9.39. The zero-order chi connectivity index (χ0) is 66.9. The molecular formula is C71H60F18O3. The van der Waals surface area contributed by atoms with Crippen LogP contribution in [0.4, 0.5) is 79.0 Å². The third-order valence-electron chi connectivity index (χ3n) is 14.4. The van der Waals surface area contributed by atoms with Crippen LogP contribution in [0, 0.1) is 90.6 Å². The van der Waals surface area contributed by atoms with Crippen LogP contribution in [0.1, 0.15) is 104 Å². The minimum atomic E-state index is -4.50. The SMILES string of the molecule is C.CCCCCc1ccc(-c2cc(F)c(C(F)(F)Oc3cc(F)c(C)c(F)c3)c(F)c2)cc1.CCCc1ccc(-c2cc(F)c(C(F)(F)Oc3cc(F)c(C)c(F)c3)c(F)c2)cc1.CCc1ccc(-c2cc(F)c(C(F)(F)Oc3cc(F)c(C)c(F)c3)c(F)c2)cc1. The number of rotatable bonds is 19. The molecule has 0 aliphatic rings. The minimum Gasteiger partial charge on any atom is -0.429 e. The Morgan fingerprint density at radius 2 is 0.522 bits per heavy atom. The smallest absolute Gasteiger partial charge is 0.429 e. The Bertz CT molecular complexity index is 3880. The molecule has 21 heteroatoms. The van der Waals surface area contributed by atoms with Crippen molar-refractivity contribution in [2.24, 2.45) is 0 Å². The normalized spacial score (nSPS) is 11.5. The maximum atomic E-state index is 14.6. The molecule has 0 atom stereocenters. The van der Waals surface area contributed by atoms with Crippen LogP contribution in [0.5, 0.6) is 17.2 Å². The molecule has 0 bridgehead atoms. The summed E-state index contributed by atoms with van der Waals surface area (Å²) >= 11 is 0. The highest BCUT2D eigenvalue weighted by Crippen LogP contribution is 2.42. The van der Waals surface area contributed by atoms with E-state index in [2.05, 4.69) is 21.1 Å². The molecule has 0 aliphatic heterocycles. The van der Waals surface area contributed by atoms with Gasteiger partial charge in [0.2, 0.25) is 0 Å². The van der Waals surface area contributed by atoms with E-state index in [1.165, 1.54) is 0 Å². The van der Waals surface area contributed by atoms with E-state index < -0.39 is 139 Å². The largest absolute Gasteiger partial charge is 0.432 e. The molecule has 0 N–H and O–H groups in total. The van der Waals surface area contributed by atoms with Crippen molar-refractivity contribution >= 4 is 0 Å². The average Bonchev–Trinajstić information content (AvgIpc) is 0.797. The molecule has 0 aliphatic carbocycles. The van der Waals surface area contributed by atoms with Gasteiger partial charge in [-0.3, -0.25) is 0 Å². The van der Waals surface area contributed by atoms with Crippen molar-refractivity contribution in [3.05, 3.63) is 265 Å². The van der Waals surface area contributed by atoms with Crippen LogP contribution in [0.3, 0.4) is 0 Å². The van der Waals surface area contributed by atoms with E-state index in [9.17, 15) is 79.0 Å². The third kappa shape index (κ3) is 17.6. The van der Waals surface area contributed by atoms with Crippen molar-refractivity contribution in [3.63, 3.8) is 0 Å². The highest BCUT2D eigenvalue weighted by atomic mass is 19.3. The molecule has 0 fully saturated rings. The number of alkyl halides is 6. The molecule has 0 amide bonds. The van der Waals surface area contributed by atoms with Gasteiger partial charge in [0.05, 0.1) is 0 Å². The summed E-state index contributed by atoms with van der Waals surface area (Å²) in [6.07, 6.45) is -6.86. The van der Waals surface area contributed by atoms with Crippen molar-refractivity contribution in [1.29, 1.82) is 0 Å². The fourth-order valence-corrected chi connectivity index (χ4v) is 9.22. The fourth-order valence-electron chi connectivity index (χ4n) is 9.22. The van der Waals surface area contributed by atoms with E-state index in [4.69, 9.17) is 0 Å². The molecule has 9 aromatic carbocycles. The molecule has 0 unspecified atom stereocenters. The first-order chi connectivity index (χ1) is 42.9. The average molecular weight is 1300 g/mol. The summed E-state index contributed by atoms with van der Waals surface area (Å²) in [4.78, 5) is 0. The van der Waals surface area contributed by atoms with Gasteiger partial charge in [-0.1, -0.05) is 120 Å². The Morgan fingerprint density at radius 3 is 0.750 bits per heavy atom. The summed E-state index contributed by atoms with van der Waals surface area (Å²) in [5.41, 5.74) is -1.43. The summed E-state index contributed by atoms with van der Waals surface area (Å²) < 4.78 is 268. The zero-order valence-corrected chi connectivity index (χ0v) is 49.3. The maximum absolute atomic E-state index is 14.6. The van der Waals surface area contributed by atoms with Gasteiger partial charge in [-0.25, -0.2) is 52.7 Å². The van der Waals surface area contributed by atoms with E-state index in [-0.39, 0.29) is 24.1 Å². The molecule has 0 aromatic heterocycles. The van der Waals surface area contributed by atoms with Gasteiger partial charge < -0.3 is 14.2 Å². The quantitative estimate of drug-likeness (QED) is 0.0596. The van der Waals surface area contributed by atoms with Gasteiger partial charge in [0.1, 0.15) is 104 Å². The summed E-state index contributed by atoms with van der Waals surface area (Å²) in [7, 11) is 0. The zero-order valence-electron chi connectivity index (χ0n) is 49.3. The minimum absolute atomic E-state index is 0. The fraction of sp³-hybridized carbons (Fsp3) is 0.239. The van der Waals surface area contributed by atoms with Crippen LogP contribution in [-0.4, -0.2) is 0 Å². The third-order valence-corrected chi connectivity index (χ3v) is 14.4. The van der Waals surface area contributed by atoms with E-state index >= 15 is 0 Å². The molecule has 0 saturated carbocycles. The van der Waals surface area contributed by atoms with Gasteiger partial charge in [0.25, 0.3) is 0 Å². The van der Waals surface area contributed by atoms with Crippen LogP contribution in [0.15, 0.2) is 146 Å². The number of halogens is 18. The lowest BCUT2D eigenvalue weighted by molar-refractivity contribution is -0.190. The summed E-state index contributed by atoms with van der Waals surface area (Å²) in [5, 5.41) is 0. The molecule has 488 valence electrons. The van der Waals surface area contributed by atoms with Crippen molar-refractivity contribution < 1.29 is 93.2 Å². The molecule has 3 nitrogen and oxygen atoms in total. The second kappa shape index (κ2) is 30.5. The van der Waals surface area contributed by atoms with E-state index in [0.717, 1.165) is 119 Å². The first-order valence-electron chi connectivity index (χ1n) is 28.2. The molecule has 0 saturated heterocycles. The lowest BCUT2D eigenvalue weighted by Crippen LogP contribution is -2.25. The predicted molar refractivity (Wildman–Crippen MR) is 316 cm³/mol. The molecule has 0 spiro atoms. The maximum Gasteiger partial charge on any atom is 0.432 e. The topological polar surface area (TPSA) is 27.7 Å². The first-order valence-corrected chi connectivity index (χ1v) is 28.2. The standard InChI is InChI=1S/C25H22F6O.C23H18F6O.C22H16F6O.CH4/c1-3-4-5-6-16-7-9-17(10-8-16)18-11-22(28)24(23(29)12-18)25(30,31)32-19-13-20(26)15(2)21(27)14-19;1-3-4-14-5-7-15(8-6-14)16-9-20(26)22(21(27)10-16)23(28,29)30-17-11-18(24)13(2)19(25)12-17;1-3-13-4-6-14(7-5-13)15-8-19(25)21(20(26)9-15)22(27,28)29-16-10-17(23)12(2)18(24)11-16;/h7-14H,3-6H2,1-2H3;5-12H,3-4H2,1-2H3;4-11H,3H2,1-2H3;1H4. The Labute approximate surface area is 519 Å². The monoisotopic (exact) mass is 1300 g/mol. The van der Waals surface area contributed by atoms with Gasteiger partial charge in [-0.05, 0) is 133 Å². The lowest BCUT2D eigenvalue weighted by Gasteiger charge is -2.20. The molecule has 0 heterocycles. The number of benzene rings is 9. The van der Waals surface area contributed by atoms with Crippen LogP contribution >= 0.6 is 0 Å². The second-order valence-corrected chi connectivity index (χ2v) is 21.0. The van der Waals surface area contributed by atoms with Gasteiger partial charge in [0, 0.05) is 53.1 Å². The highest BCUT2D eigenvalue weighted by Gasteiger charge is 2.44. The highest BCUT2D eigenvalue weighted by molar-refractivity contribution is 5.67. The lowest BCUT2D eigenvalue weighted by atomic mass is 9.99. The Kier molecular flexibility index (Phi) is 23.9. The van der Waals surface area contributed by atoms with E-state index in [0.29, 0.717) is 53.1 Å². The molecule has 92 heavy (non-hydrogen) atoms. The van der Waals surface area contributed by atoms with Crippen molar-refractivity contribution in [2.45, 2.75) is 112 Å². The number of ether oxygens (including phenoxy) is 3. The Morgan fingerprint density at radius 1 is 0.283 bits per heavy atom. The van der Waals surface area contributed by atoms with Crippen LogP contribution in [0.25, 0.3) is 33.4 Å². The number of unbranched alkanes of at least 4 members (excludes halogenated alkanes) is 2. The van der Waals surface area contributed by atoms with Gasteiger partial charge in [0.15, 0.2) is 0 Å². The van der Waals surface area contributed by atoms with E-state index in [1.807, 2.05) is 26.0 Å². The molecule has 9 aromatic rings. The molecule has 9 rings (SSSR count). The summed E-state index contributed by atoms with van der Waals surface area (Å²) in [5.74, 6) is -18.7. The second-order valence-electron chi connectivity index (χ2n) is 21.0. The van der Waals surface area contributed by atoms with Crippen molar-refractivity contribution in [2.75, 3.05) is 0 Å². The number of hydrogen-bond donors (Lipinski definition) is 0. The Balaban J connectivity index is 0.000000218. The first kappa shape index (κ1) is 72.2. The van der Waals surface area contributed by atoms with Crippen LogP contribution in [-0.2, 0) is 37.6 Å². The van der Waals surface area contributed by atoms with Crippen molar-refractivity contribution in [3.8, 4) is 50.6 Å². The number of aryl methyl sites for hydroxylation is 3. The van der Waals surface area contributed by atoms with Gasteiger partial charge >= 0.3 is 18.3 Å². The molecule has 0 radical (unpaired) electrons. The Hall–Kier alpha value is -8.88. The predicted octanol–water partition coefficient (Wildman–Crippen LogP) is 22.9. The van der Waals surface area contributed by atoms with Crippen LogP contribution in [0.2, 0.25) is 0 Å². The van der Waals surface area contributed by atoms with Gasteiger partial charge in [-0.2, -0.15) is 26.3 Å². The van der Waals surface area contributed by atoms with Crippen LogP contribution < -0.4 is 14.2 Å².